The molecule has 1 aromatic heterocycles. The molecule has 2 aromatic rings. The van der Waals surface area contributed by atoms with Gasteiger partial charge in [0.05, 0.1) is 18.9 Å². The van der Waals surface area contributed by atoms with Crippen LogP contribution in [0.2, 0.25) is 0 Å². The van der Waals surface area contributed by atoms with Gasteiger partial charge in [0.1, 0.15) is 11.5 Å². The largest absolute Gasteiger partial charge is 0.494 e. The Kier molecular flexibility index (Phi) is 5.26. The van der Waals surface area contributed by atoms with Gasteiger partial charge in [-0.3, -0.25) is 0 Å². The van der Waals surface area contributed by atoms with Crippen LogP contribution in [0, 0.1) is 6.92 Å². The van der Waals surface area contributed by atoms with Crippen LogP contribution >= 0.6 is 15.9 Å². The molecule has 4 heteroatoms. The van der Waals surface area contributed by atoms with Crippen LogP contribution in [0.15, 0.2) is 39.4 Å². The van der Waals surface area contributed by atoms with E-state index in [4.69, 9.17) is 9.15 Å². The van der Waals surface area contributed by atoms with Gasteiger partial charge in [0.2, 0.25) is 0 Å². The molecule has 0 saturated heterocycles. The molecule has 108 valence electrons. The fraction of sp³-hybridized carbons (Fsp3) is 0.375. The summed E-state index contributed by atoms with van der Waals surface area (Å²) in [4.78, 5) is 0. The van der Waals surface area contributed by atoms with Gasteiger partial charge in [0.25, 0.3) is 0 Å². The normalized spacial score (nSPS) is 12.4. The average molecular weight is 338 g/mol. The Morgan fingerprint density at radius 1 is 1.30 bits per heavy atom. The standard InChI is InChI=1S/C16H20BrNO2/c1-4-18-15(16-11(3)8-9-20-16)13-10-12(17)6-7-14(13)19-5-2/h6-10,15,18H,4-5H2,1-3H3. The zero-order chi connectivity index (χ0) is 14.5. The van der Waals surface area contributed by atoms with Crippen molar-refractivity contribution in [1.82, 2.24) is 5.32 Å². The van der Waals surface area contributed by atoms with Crippen LogP contribution in [0.5, 0.6) is 5.75 Å². The number of aryl methyl sites for hydroxylation is 1. The third-order valence-corrected chi connectivity index (χ3v) is 3.65. The highest BCUT2D eigenvalue weighted by molar-refractivity contribution is 9.10. The Balaban J connectivity index is 2.48. The number of benzene rings is 1. The van der Waals surface area contributed by atoms with E-state index in [1.807, 2.05) is 25.1 Å². The number of hydrogen-bond acceptors (Lipinski definition) is 3. The highest BCUT2D eigenvalue weighted by atomic mass is 79.9. The maximum Gasteiger partial charge on any atom is 0.128 e. The number of furan rings is 1. The zero-order valence-corrected chi connectivity index (χ0v) is 13.7. The molecule has 1 atom stereocenters. The average Bonchev–Trinajstić information content (AvgIpc) is 2.85. The molecule has 0 fully saturated rings. The van der Waals surface area contributed by atoms with E-state index in [1.165, 1.54) is 0 Å². The molecule has 1 N–H and O–H groups in total. The van der Waals surface area contributed by atoms with Gasteiger partial charge in [-0.05, 0) is 50.2 Å². The monoisotopic (exact) mass is 337 g/mol. The van der Waals surface area contributed by atoms with Crippen LogP contribution in [-0.4, -0.2) is 13.2 Å². The molecule has 0 aliphatic carbocycles. The Morgan fingerprint density at radius 2 is 2.10 bits per heavy atom. The third-order valence-electron chi connectivity index (χ3n) is 3.15. The van der Waals surface area contributed by atoms with E-state index in [0.29, 0.717) is 6.61 Å². The second-order valence-corrected chi connectivity index (χ2v) is 5.49. The molecule has 0 aliphatic rings. The Morgan fingerprint density at radius 3 is 2.70 bits per heavy atom. The summed E-state index contributed by atoms with van der Waals surface area (Å²) in [5, 5.41) is 3.47. The molecule has 0 bridgehead atoms. The fourth-order valence-corrected chi connectivity index (χ4v) is 2.64. The molecule has 0 saturated carbocycles. The van der Waals surface area contributed by atoms with Crippen molar-refractivity contribution in [3.8, 4) is 5.75 Å². The molecule has 0 amide bonds. The maximum atomic E-state index is 5.75. The number of nitrogens with one attached hydrogen (secondary N) is 1. The van der Waals surface area contributed by atoms with E-state index in [-0.39, 0.29) is 6.04 Å². The lowest BCUT2D eigenvalue weighted by Gasteiger charge is -2.20. The number of hydrogen-bond donors (Lipinski definition) is 1. The lowest BCUT2D eigenvalue weighted by molar-refractivity contribution is 0.330. The predicted octanol–water partition coefficient (Wildman–Crippen LogP) is 4.45. The number of halogens is 1. The lowest BCUT2D eigenvalue weighted by Crippen LogP contribution is -2.23. The van der Waals surface area contributed by atoms with Crippen LogP contribution in [0.1, 0.15) is 36.8 Å². The molecule has 2 rings (SSSR count). The second-order valence-electron chi connectivity index (χ2n) is 4.57. The van der Waals surface area contributed by atoms with Gasteiger partial charge in [-0.2, -0.15) is 0 Å². The first-order valence-corrected chi connectivity index (χ1v) is 7.66. The summed E-state index contributed by atoms with van der Waals surface area (Å²) in [6, 6.07) is 8.05. The van der Waals surface area contributed by atoms with Crippen LogP contribution in [0.3, 0.4) is 0 Å². The van der Waals surface area contributed by atoms with Crippen molar-refractivity contribution in [2.24, 2.45) is 0 Å². The SMILES string of the molecule is CCNC(c1cc(Br)ccc1OCC)c1occc1C. The first-order chi connectivity index (χ1) is 9.67. The topological polar surface area (TPSA) is 34.4 Å². The molecule has 0 spiro atoms. The molecule has 1 aromatic carbocycles. The number of ether oxygens (including phenoxy) is 1. The minimum atomic E-state index is -0.00551. The quantitative estimate of drug-likeness (QED) is 0.845. The predicted molar refractivity (Wildman–Crippen MR) is 84.3 cm³/mol. The van der Waals surface area contributed by atoms with Crippen LogP contribution < -0.4 is 10.1 Å². The summed E-state index contributed by atoms with van der Waals surface area (Å²) in [5.41, 5.74) is 2.22. The van der Waals surface area contributed by atoms with Gasteiger partial charge in [-0.15, -0.1) is 0 Å². The minimum absolute atomic E-state index is 0.00551. The van der Waals surface area contributed by atoms with Gasteiger partial charge in [-0.1, -0.05) is 22.9 Å². The molecule has 3 nitrogen and oxygen atoms in total. The van der Waals surface area contributed by atoms with Crippen LogP contribution in [0.4, 0.5) is 0 Å². The smallest absolute Gasteiger partial charge is 0.128 e. The summed E-state index contributed by atoms with van der Waals surface area (Å²) in [7, 11) is 0. The Bertz CT molecular complexity index is 565. The summed E-state index contributed by atoms with van der Waals surface area (Å²) >= 11 is 3.53. The van der Waals surface area contributed by atoms with Crippen molar-refractivity contribution in [1.29, 1.82) is 0 Å². The molecule has 1 heterocycles. The van der Waals surface area contributed by atoms with Crippen molar-refractivity contribution in [2.45, 2.75) is 26.8 Å². The van der Waals surface area contributed by atoms with E-state index < -0.39 is 0 Å². The first kappa shape index (κ1) is 15.1. The van der Waals surface area contributed by atoms with Crippen molar-refractivity contribution >= 4 is 15.9 Å². The summed E-state index contributed by atoms with van der Waals surface area (Å²) in [6.07, 6.45) is 1.73. The number of rotatable bonds is 6. The molecular weight excluding hydrogens is 318 g/mol. The van der Waals surface area contributed by atoms with Crippen LogP contribution in [-0.2, 0) is 0 Å². The molecule has 20 heavy (non-hydrogen) atoms. The fourth-order valence-electron chi connectivity index (χ4n) is 2.26. The third kappa shape index (κ3) is 3.25. The first-order valence-electron chi connectivity index (χ1n) is 6.87. The highest BCUT2D eigenvalue weighted by Gasteiger charge is 2.22. The van der Waals surface area contributed by atoms with Gasteiger partial charge in [0, 0.05) is 10.0 Å². The van der Waals surface area contributed by atoms with E-state index >= 15 is 0 Å². The molecule has 1 unspecified atom stereocenters. The summed E-state index contributed by atoms with van der Waals surface area (Å²) in [5.74, 6) is 1.82. The highest BCUT2D eigenvalue weighted by Crippen LogP contribution is 2.34. The Hall–Kier alpha value is -1.26. The van der Waals surface area contributed by atoms with E-state index in [2.05, 4.69) is 41.2 Å². The van der Waals surface area contributed by atoms with E-state index in [0.717, 1.165) is 33.7 Å². The van der Waals surface area contributed by atoms with Crippen molar-refractivity contribution in [3.05, 3.63) is 51.9 Å². The Labute approximate surface area is 128 Å². The minimum Gasteiger partial charge on any atom is -0.494 e. The summed E-state index contributed by atoms with van der Waals surface area (Å²) in [6.45, 7) is 7.63. The van der Waals surface area contributed by atoms with Crippen LogP contribution in [0.25, 0.3) is 0 Å². The summed E-state index contributed by atoms with van der Waals surface area (Å²) < 4.78 is 12.5. The van der Waals surface area contributed by atoms with Crippen molar-refractivity contribution in [2.75, 3.05) is 13.2 Å². The molecule has 0 radical (unpaired) electrons. The molecular formula is C16H20BrNO2. The van der Waals surface area contributed by atoms with Gasteiger partial charge in [0.15, 0.2) is 0 Å². The van der Waals surface area contributed by atoms with Gasteiger partial charge >= 0.3 is 0 Å². The van der Waals surface area contributed by atoms with Crippen molar-refractivity contribution < 1.29 is 9.15 Å². The maximum absolute atomic E-state index is 5.75. The van der Waals surface area contributed by atoms with Gasteiger partial charge < -0.3 is 14.5 Å². The molecule has 0 aliphatic heterocycles. The van der Waals surface area contributed by atoms with E-state index in [9.17, 15) is 0 Å². The second kappa shape index (κ2) is 6.95. The van der Waals surface area contributed by atoms with Gasteiger partial charge in [-0.25, -0.2) is 0 Å². The lowest BCUT2D eigenvalue weighted by atomic mass is 10.0. The zero-order valence-electron chi connectivity index (χ0n) is 12.1. The van der Waals surface area contributed by atoms with E-state index in [1.54, 1.807) is 6.26 Å². The van der Waals surface area contributed by atoms with Crippen molar-refractivity contribution in [3.63, 3.8) is 0 Å².